The molecule has 4 N–H and O–H groups in total. The van der Waals surface area contributed by atoms with Crippen molar-refractivity contribution in [2.45, 2.75) is 33.6 Å². The lowest BCUT2D eigenvalue weighted by molar-refractivity contribution is 0.0223. The van der Waals surface area contributed by atoms with Gasteiger partial charge in [0, 0.05) is 16.8 Å². The van der Waals surface area contributed by atoms with Crippen LogP contribution in [0, 0.1) is 16.7 Å². The highest BCUT2D eigenvalue weighted by molar-refractivity contribution is 5.42. The molecule has 0 aliphatic heterocycles. The Balaban J connectivity index is 1.60. The summed E-state index contributed by atoms with van der Waals surface area (Å²) >= 11 is 0. The first-order valence-electron chi connectivity index (χ1n) is 9.27. The molecule has 0 saturated heterocycles. The van der Waals surface area contributed by atoms with Gasteiger partial charge in [-0.3, -0.25) is 0 Å². The van der Waals surface area contributed by atoms with E-state index in [1.807, 2.05) is 48.5 Å². The highest BCUT2D eigenvalue weighted by atomic mass is 16.5. The molecule has 0 radical (unpaired) electrons. The van der Waals surface area contributed by atoms with Crippen molar-refractivity contribution in [3.63, 3.8) is 0 Å². The fourth-order valence-corrected chi connectivity index (χ4v) is 3.79. The average molecular weight is 354 g/mol. The lowest BCUT2D eigenvalue weighted by Crippen LogP contribution is -2.40. The summed E-state index contributed by atoms with van der Waals surface area (Å²) in [6.07, 6.45) is 2.27. The predicted octanol–water partition coefficient (Wildman–Crippen LogP) is 4.75. The van der Waals surface area contributed by atoms with E-state index in [4.69, 9.17) is 20.9 Å². The van der Waals surface area contributed by atoms with Gasteiger partial charge in [0.25, 0.3) is 0 Å². The summed E-state index contributed by atoms with van der Waals surface area (Å²) < 4.78 is 12.1. The summed E-state index contributed by atoms with van der Waals surface area (Å²) in [7, 11) is 0. The van der Waals surface area contributed by atoms with Gasteiger partial charge in [-0.25, -0.2) is 0 Å². The average Bonchev–Trinajstić information content (AvgIpc) is 2.84. The van der Waals surface area contributed by atoms with Crippen LogP contribution < -0.4 is 20.9 Å². The Morgan fingerprint density at radius 1 is 0.846 bits per heavy atom. The van der Waals surface area contributed by atoms with E-state index >= 15 is 0 Å². The maximum absolute atomic E-state index is 6.10. The molecule has 0 heterocycles. The van der Waals surface area contributed by atoms with E-state index in [0.29, 0.717) is 19.1 Å². The van der Waals surface area contributed by atoms with E-state index in [-0.39, 0.29) is 10.8 Å². The first kappa shape index (κ1) is 18.4. The van der Waals surface area contributed by atoms with Gasteiger partial charge in [0.1, 0.15) is 11.5 Å². The zero-order valence-electron chi connectivity index (χ0n) is 16.0. The maximum atomic E-state index is 6.10. The molecule has 1 fully saturated rings. The minimum Gasteiger partial charge on any atom is -0.493 e. The summed E-state index contributed by atoms with van der Waals surface area (Å²) in [5.74, 6) is 2.24. The first-order valence-corrected chi connectivity index (χ1v) is 9.27. The lowest BCUT2D eigenvalue weighted by atomic mass is 9.66. The van der Waals surface area contributed by atoms with Crippen LogP contribution >= 0.6 is 0 Å². The summed E-state index contributed by atoms with van der Waals surface area (Å²) in [6.45, 7) is 8.41. The molecule has 2 aromatic carbocycles. The van der Waals surface area contributed by atoms with Gasteiger partial charge in [0.05, 0.1) is 13.2 Å². The Bertz CT molecular complexity index is 725. The molecular formula is C22H30N2O2. The van der Waals surface area contributed by atoms with Gasteiger partial charge in [0.2, 0.25) is 0 Å². The van der Waals surface area contributed by atoms with Gasteiger partial charge in [0.15, 0.2) is 0 Å². The van der Waals surface area contributed by atoms with Crippen LogP contribution in [-0.4, -0.2) is 13.2 Å². The number of nitrogen functional groups attached to an aromatic ring is 2. The second-order valence-electron chi connectivity index (χ2n) is 8.26. The summed E-state index contributed by atoms with van der Waals surface area (Å²) in [4.78, 5) is 0. The van der Waals surface area contributed by atoms with Gasteiger partial charge in [-0.1, -0.05) is 20.8 Å². The fraction of sp³-hybridized carbons (Fsp3) is 0.455. The molecule has 1 aliphatic carbocycles. The van der Waals surface area contributed by atoms with Crippen LogP contribution in [0.1, 0.15) is 33.6 Å². The Kier molecular flexibility index (Phi) is 5.03. The van der Waals surface area contributed by atoms with Crippen LogP contribution in [0.5, 0.6) is 11.5 Å². The number of benzene rings is 2. The SMILES string of the molecule is CC1(C)[C@@H](COc2ccc(N)cc2)CC[C@@]1(C)COc1ccc(N)cc1. The Labute approximate surface area is 156 Å². The second-order valence-corrected chi connectivity index (χ2v) is 8.26. The Hall–Kier alpha value is -2.36. The van der Waals surface area contributed by atoms with Crippen LogP contribution in [0.2, 0.25) is 0 Å². The standard InChI is InChI=1S/C22H30N2O2/c1-21(2)16(14-25-19-8-4-17(23)5-9-19)12-13-22(21,3)15-26-20-10-6-18(24)7-11-20/h4-11,16H,12-15,23-24H2,1-3H3/t16-,22+/m1/s1. The van der Waals surface area contributed by atoms with Crippen molar-refractivity contribution in [2.24, 2.45) is 16.7 Å². The zero-order valence-corrected chi connectivity index (χ0v) is 16.0. The summed E-state index contributed by atoms with van der Waals surface area (Å²) in [5, 5.41) is 0. The highest BCUT2D eigenvalue weighted by Crippen LogP contribution is 2.56. The second kappa shape index (κ2) is 7.10. The Morgan fingerprint density at radius 3 is 1.88 bits per heavy atom. The third kappa shape index (κ3) is 3.74. The fourth-order valence-electron chi connectivity index (χ4n) is 3.79. The number of anilines is 2. The number of hydrogen-bond donors (Lipinski definition) is 2. The van der Waals surface area contributed by atoms with Gasteiger partial charge in [-0.2, -0.15) is 0 Å². The van der Waals surface area contributed by atoms with Crippen molar-refractivity contribution < 1.29 is 9.47 Å². The van der Waals surface area contributed by atoms with E-state index in [0.717, 1.165) is 35.7 Å². The molecule has 0 bridgehead atoms. The predicted molar refractivity (Wildman–Crippen MR) is 107 cm³/mol. The zero-order chi connectivity index (χ0) is 18.8. The largest absolute Gasteiger partial charge is 0.493 e. The van der Waals surface area contributed by atoms with Gasteiger partial charge < -0.3 is 20.9 Å². The van der Waals surface area contributed by atoms with E-state index in [9.17, 15) is 0 Å². The summed E-state index contributed by atoms with van der Waals surface area (Å²) in [5.41, 5.74) is 13.2. The van der Waals surface area contributed by atoms with Crippen LogP contribution in [0.3, 0.4) is 0 Å². The smallest absolute Gasteiger partial charge is 0.119 e. The molecule has 3 rings (SSSR count). The molecule has 1 saturated carbocycles. The molecule has 26 heavy (non-hydrogen) atoms. The molecule has 2 aromatic rings. The normalized spacial score (nSPS) is 24.3. The molecule has 2 atom stereocenters. The third-order valence-corrected chi connectivity index (χ3v) is 6.39. The molecule has 4 heteroatoms. The molecule has 140 valence electrons. The van der Waals surface area contributed by atoms with E-state index in [1.54, 1.807) is 0 Å². The highest BCUT2D eigenvalue weighted by Gasteiger charge is 2.52. The van der Waals surface area contributed by atoms with E-state index in [2.05, 4.69) is 20.8 Å². The molecule has 0 aromatic heterocycles. The number of rotatable bonds is 6. The van der Waals surface area contributed by atoms with Crippen molar-refractivity contribution in [2.75, 3.05) is 24.7 Å². The molecule has 4 nitrogen and oxygen atoms in total. The van der Waals surface area contributed by atoms with Crippen LogP contribution in [0.15, 0.2) is 48.5 Å². The quantitative estimate of drug-likeness (QED) is 0.734. The van der Waals surface area contributed by atoms with Crippen molar-refractivity contribution in [3.05, 3.63) is 48.5 Å². The minimum absolute atomic E-state index is 0.101. The van der Waals surface area contributed by atoms with E-state index in [1.165, 1.54) is 0 Å². The number of hydrogen-bond acceptors (Lipinski definition) is 4. The first-order chi connectivity index (χ1) is 12.3. The Morgan fingerprint density at radius 2 is 1.35 bits per heavy atom. The number of ether oxygens (including phenoxy) is 2. The van der Waals surface area contributed by atoms with Crippen LogP contribution in [-0.2, 0) is 0 Å². The van der Waals surface area contributed by atoms with Crippen LogP contribution in [0.25, 0.3) is 0 Å². The number of nitrogens with two attached hydrogens (primary N) is 2. The van der Waals surface area contributed by atoms with E-state index < -0.39 is 0 Å². The van der Waals surface area contributed by atoms with Crippen molar-refractivity contribution in [1.29, 1.82) is 0 Å². The van der Waals surface area contributed by atoms with Crippen molar-refractivity contribution >= 4 is 11.4 Å². The molecular weight excluding hydrogens is 324 g/mol. The van der Waals surface area contributed by atoms with Gasteiger partial charge in [-0.05, 0) is 72.7 Å². The molecule has 0 spiro atoms. The molecule has 1 aliphatic rings. The van der Waals surface area contributed by atoms with Crippen LogP contribution in [0.4, 0.5) is 11.4 Å². The maximum Gasteiger partial charge on any atom is 0.119 e. The monoisotopic (exact) mass is 354 g/mol. The van der Waals surface area contributed by atoms with Crippen molar-refractivity contribution in [3.8, 4) is 11.5 Å². The topological polar surface area (TPSA) is 70.5 Å². The summed E-state index contributed by atoms with van der Waals surface area (Å²) in [6, 6.07) is 15.2. The minimum atomic E-state index is 0.101. The third-order valence-electron chi connectivity index (χ3n) is 6.39. The molecule has 0 amide bonds. The van der Waals surface area contributed by atoms with Crippen molar-refractivity contribution in [1.82, 2.24) is 0 Å². The lowest BCUT2D eigenvalue weighted by Gasteiger charge is -2.41. The molecule has 0 unspecified atom stereocenters. The van der Waals surface area contributed by atoms with Gasteiger partial charge in [-0.15, -0.1) is 0 Å². The van der Waals surface area contributed by atoms with Gasteiger partial charge >= 0.3 is 0 Å².